The number of hydrogen-bond donors (Lipinski definition) is 1. The fraction of sp³-hybridized carbons (Fsp3) is 0.806. The Morgan fingerprint density at radius 3 is 2.62 bits per heavy atom. The van der Waals surface area contributed by atoms with E-state index in [0.717, 1.165) is 61.4 Å². The summed E-state index contributed by atoms with van der Waals surface area (Å²) in [7, 11) is 1.87. The highest BCUT2D eigenvalue weighted by Gasteiger charge is 2.82. The second kappa shape index (κ2) is 7.89. The Morgan fingerprint density at radius 2 is 1.95 bits per heavy atom. The Balaban J connectivity index is 1.45. The molecule has 7 aliphatic rings. The molecule has 1 aromatic rings. The number of fused-ring (bicyclic) bond motifs is 2. The standard InChI is InChI=1S/C31H44BrNO4/c1-27(2,3)28(4,34)22-17-29-10-11-31(22,35-5)26-30(29)12-14-33(18-19-6-7-19)23(29)16-20-8-9-21(36-15-13-32)25(37-26)24(20)30/h8-9,19,22-23,26,34H,6-7,10-18H2,1-5H3/t22?,23?,26?,28?,29-,30?,31-/m1/s1. The Labute approximate surface area is 230 Å². The van der Waals surface area contributed by atoms with Gasteiger partial charge in [0.1, 0.15) is 11.7 Å². The molecule has 2 aliphatic heterocycles. The molecule has 0 radical (unpaired) electrons. The van der Waals surface area contributed by atoms with Crippen molar-refractivity contribution in [2.45, 2.75) is 101 Å². The largest absolute Gasteiger partial charge is 0.489 e. The summed E-state index contributed by atoms with van der Waals surface area (Å²) in [6, 6.07) is 4.98. The van der Waals surface area contributed by atoms with Gasteiger partial charge in [-0.05, 0) is 81.4 Å². The van der Waals surface area contributed by atoms with Crippen molar-refractivity contribution in [2.24, 2.45) is 22.7 Å². The Hall–Kier alpha value is -0.820. The van der Waals surface area contributed by atoms with Crippen molar-refractivity contribution in [2.75, 3.05) is 32.1 Å². The van der Waals surface area contributed by atoms with Gasteiger partial charge in [-0.2, -0.15) is 0 Å². The van der Waals surface area contributed by atoms with Crippen LogP contribution in [-0.4, -0.2) is 65.5 Å². The number of halogens is 1. The zero-order valence-corrected chi connectivity index (χ0v) is 24.8. The van der Waals surface area contributed by atoms with Crippen molar-refractivity contribution in [1.82, 2.24) is 4.90 Å². The molecule has 5 aliphatic carbocycles. The van der Waals surface area contributed by atoms with E-state index in [-0.39, 0.29) is 28.3 Å². The van der Waals surface area contributed by atoms with Gasteiger partial charge in [0.2, 0.25) is 0 Å². The Morgan fingerprint density at radius 1 is 1.16 bits per heavy atom. The predicted octanol–water partition coefficient (Wildman–Crippen LogP) is 5.48. The topological polar surface area (TPSA) is 51.2 Å². The van der Waals surface area contributed by atoms with E-state index in [1.807, 2.05) is 7.11 Å². The molecule has 204 valence electrons. The van der Waals surface area contributed by atoms with Gasteiger partial charge < -0.3 is 19.3 Å². The van der Waals surface area contributed by atoms with E-state index in [0.29, 0.717) is 12.6 Å². The van der Waals surface area contributed by atoms with E-state index >= 15 is 0 Å². The van der Waals surface area contributed by atoms with Gasteiger partial charge in [0, 0.05) is 47.3 Å². The summed E-state index contributed by atoms with van der Waals surface area (Å²) in [5, 5.41) is 13.1. The minimum Gasteiger partial charge on any atom is -0.489 e. The van der Waals surface area contributed by atoms with Crippen LogP contribution < -0.4 is 9.47 Å². The van der Waals surface area contributed by atoms with Crippen LogP contribution in [0, 0.1) is 22.7 Å². The van der Waals surface area contributed by atoms with E-state index in [1.54, 1.807) is 0 Å². The van der Waals surface area contributed by atoms with Gasteiger partial charge in [-0.25, -0.2) is 0 Å². The molecule has 4 bridgehead atoms. The summed E-state index contributed by atoms with van der Waals surface area (Å²) in [5.74, 6) is 2.72. The highest BCUT2D eigenvalue weighted by molar-refractivity contribution is 9.09. The molecule has 1 aromatic carbocycles. The maximum Gasteiger partial charge on any atom is 0.165 e. The van der Waals surface area contributed by atoms with Gasteiger partial charge in [0.25, 0.3) is 0 Å². The third kappa shape index (κ3) is 2.97. The first-order chi connectivity index (χ1) is 17.6. The van der Waals surface area contributed by atoms with Gasteiger partial charge >= 0.3 is 0 Å². The van der Waals surface area contributed by atoms with Crippen LogP contribution in [0.25, 0.3) is 0 Å². The van der Waals surface area contributed by atoms with Crippen molar-refractivity contribution >= 4 is 15.9 Å². The fourth-order valence-corrected chi connectivity index (χ4v) is 9.99. The zero-order valence-electron chi connectivity index (χ0n) is 23.2. The summed E-state index contributed by atoms with van der Waals surface area (Å²) in [6.07, 6.45) is 7.96. The van der Waals surface area contributed by atoms with Crippen LogP contribution in [0.4, 0.5) is 0 Å². The van der Waals surface area contributed by atoms with Gasteiger partial charge in [-0.1, -0.05) is 42.8 Å². The monoisotopic (exact) mass is 573 g/mol. The molecule has 0 amide bonds. The number of likely N-dealkylation sites (tertiary alicyclic amines) is 1. The number of rotatable bonds is 7. The molecule has 6 heteroatoms. The third-order valence-corrected chi connectivity index (χ3v) is 12.5. The minimum absolute atomic E-state index is 0.00280. The molecule has 7 atom stereocenters. The second-order valence-electron chi connectivity index (χ2n) is 14.3. The molecule has 5 unspecified atom stereocenters. The molecule has 8 rings (SSSR count). The molecule has 5 nitrogen and oxygen atoms in total. The van der Waals surface area contributed by atoms with Gasteiger partial charge in [-0.15, -0.1) is 0 Å². The Kier molecular flexibility index (Phi) is 5.37. The number of nitrogens with zero attached hydrogens (tertiary/aromatic N) is 1. The van der Waals surface area contributed by atoms with Crippen LogP contribution in [0.3, 0.4) is 0 Å². The number of ether oxygens (including phenoxy) is 3. The smallest absolute Gasteiger partial charge is 0.165 e. The van der Waals surface area contributed by atoms with Crippen LogP contribution in [0.2, 0.25) is 0 Å². The molecular formula is C31H44BrNO4. The van der Waals surface area contributed by atoms with Crippen LogP contribution in [-0.2, 0) is 16.6 Å². The van der Waals surface area contributed by atoms with Crippen molar-refractivity contribution in [3.63, 3.8) is 0 Å². The molecular weight excluding hydrogens is 530 g/mol. The highest BCUT2D eigenvalue weighted by Crippen LogP contribution is 2.78. The number of benzene rings is 1. The van der Waals surface area contributed by atoms with Crippen LogP contribution in [0.1, 0.15) is 77.3 Å². The van der Waals surface area contributed by atoms with E-state index in [9.17, 15) is 5.11 Å². The SMILES string of the molecule is CO[C@]12CC[C@@]3(CC1C(C)(O)C(C)(C)C)C1Cc4ccc(OCCBr)c5c4C3(CCN1CC1CC1)C2O5. The van der Waals surface area contributed by atoms with E-state index in [1.165, 1.54) is 30.5 Å². The number of aliphatic hydroxyl groups is 1. The quantitative estimate of drug-likeness (QED) is 0.437. The number of methoxy groups -OCH3 is 1. The molecule has 37 heavy (non-hydrogen) atoms. The Bertz CT molecular complexity index is 1110. The predicted molar refractivity (Wildman–Crippen MR) is 148 cm³/mol. The summed E-state index contributed by atoms with van der Waals surface area (Å²) < 4.78 is 20.1. The first-order valence-electron chi connectivity index (χ1n) is 14.6. The summed E-state index contributed by atoms with van der Waals surface area (Å²) in [4.78, 5) is 2.87. The molecule has 2 spiro atoms. The van der Waals surface area contributed by atoms with Gasteiger partial charge in [0.05, 0.1) is 12.2 Å². The molecule has 0 aromatic heterocycles. The first-order valence-corrected chi connectivity index (χ1v) is 15.7. The number of hydrogen-bond acceptors (Lipinski definition) is 5. The summed E-state index contributed by atoms with van der Waals surface area (Å²) in [6.45, 7) is 11.6. The third-order valence-electron chi connectivity index (χ3n) is 12.2. The van der Waals surface area contributed by atoms with Gasteiger partial charge in [0.15, 0.2) is 11.5 Å². The lowest BCUT2D eigenvalue weighted by atomic mass is 9.33. The zero-order chi connectivity index (χ0) is 26.0. The van der Waals surface area contributed by atoms with Crippen molar-refractivity contribution < 1.29 is 19.3 Å². The molecule has 4 saturated carbocycles. The average Bonchev–Trinajstić information content (AvgIpc) is 3.60. The lowest BCUT2D eigenvalue weighted by Gasteiger charge is -2.75. The summed E-state index contributed by atoms with van der Waals surface area (Å²) in [5.41, 5.74) is 1.20. The lowest BCUT2D eigenvalue weighted by Crippen LogP contribution is -2.83. The van der Waals surface area contributed by atoms with E-state index in [2.05, 4.69) is 60.7 Å². The highest BCUT2D eigenvalue weighted by atomic mass is 79.9. The lowest BCUT2D eigenvalue weighted by molar-refractivity contribution is -0.312. The molecule has 5 fully saturated rings. The maximum absolute atomic E-state index is 12.3. The normalized spacial score (nSPS) is 41.2. The van der Waals surface area contributed by atoms with Crippen LogP contribution in [0.15, 0.2) is 12.1 Å². The van der Waals surface area contributed by atoms with E-state index < -0.39 is 11.2 Å². The first kappa shape index (κ1) is 25.2. The number of piperidine rings is 1. The van der Waals surface area contributed by atoms with Crippen LogP contribution in [0.5, 0.6) is 11.5 Å². The van der Waals surface area contributed by atoms with Crippen molar-refractivity contribution in [3.8, 4) is 11.5 Å². The minimum atomic E-state index is -0.888. The van der Waals surface area contributed by atoms with Crippen LogP contribution >= 0.6 is 15.9 Å². The van der Waals surface area contributed by atoms with Gasteiger partial charge in [-0.3, -0.25) is 4.90 Å². The number of alkyl halides is 1. The molecule has 1 saturated heterocycles. The summed E-state index contributed by atoms with van der Waals surface area (Å²) >= 11 is 3.53. The molecule has 2 heterocycles. The maximum atomic E-state index is 12.3. The fourth-order valence-electron chi connectivity index (χ4n) is 9.83. The van der Waals surface area contributed by atoms with Crippen molar-refractivity contribution in [1.29, 1.82) is 0 Å². The van der Waals surface area contributed by atoms with E-state index in [4.69, 9.17) is 14.2 Å². The second-order valence-corrected chi connectivity index (χ2v) is 15.1. The molecule has 1 N–H and O–H groups in total. The average molecular weight is 575 g/mol. The van der Waals surface area contributed by atoms with Crippen molar-refractivity contribution in [3.05, 3.63) is 23.3 Å².